The zero-order chi connectivity index (χ0) is 12.5. The zero-order valence-electron chi connectivity index (χ0n) is 10.0. The minimum atomic E-state index is -0.155. The second kappa shape index (κ2) is 4.25. The summed E-state index contributed by atoms with van der Waals surface area (Å²) in [6.07, 6.45) is 2.21. The normalized spacial score (nSPS) is 17.9. The molecule has 5 heteroatoms. The molecule has 0 aliphatic carbocycles. The molecule has 92 valence electrons. The Balaban J connectivity index is 1.84. The maximum atomic E-state index is 12.3. The van der Waals surface area contributed by atoms with Crippen LogP contribution in [-0.2, 0) is 13.5 Å². The van der Waals surface area contributed by atoms with Crippen LogP contribution in [0.3, 0.4) is 0 Å². The Morgan fingerprint density at radius 2 is 2.28 bits per heavy atom. The SMILES string of the molecule is Cn1nncc1C(=O)C1COc2ccccc2C1. The molecule has 0 saturated heterocycles. The first-order chi connectivity index (χ1) is 8.75. The topological polar surface area (TPSA) is 57.0 Å². The summed E-state index contributed by atoms with van der Waals surface area (Å²) in [4.78, 5) is 12.3. The van der Waals surface area contributed by atoms with Crippen LogP contribution >= 0.6 is 0 Å². The highest BCUT2D eigenvalue weighted by Crippen LogP contribution is 2.28. The van der Waals surface area contributed by atoms with Gasteiger partial charge in [0, 0.05) is 7.05 Å². The molecule has 0 radical (unpaired) electrons. The number of rotatable bonds is 2. The summed E-state index contributed by atoms with van der Waals surface area (Å²) < 4.78 is 7.13. The molecule has 0 bridgehead atoms. The van der Waals surface area contributed by atoms with Gasteiger partial charge < -0.3 is 4.74 Å². The fourth-order valence-electron chi connectivity index (χ4n) is 2.22. The lowest BCUT2D eigenvalue weighted by atomic mass is 9.92. The van der Waals surface area contributed by atoms with Gasteiger partial charge in [-0.1, -0.05) is 23.4 Å². The lowest BCUT2D eigenvalue weighted by Gasteiger charge is -2.23. The molecule has 5 nitrogen and oxygen atoms in total. The Hall–Kier alpha value is -2.17. The van der Waals surface area contributed by atoms with Gasteiger partial charge in [-0.2, -0.15) is 0 Å². The summed E-state index contributed by atoms with van der Waals surface area (Å²) in [5.41, 5.74) is 1.61. The first kappa shape index (κ1) is 11.0. The zero-order valence-corrected chi connectivity index (χ0v) is 10.0. The van der Waals surface area contributed by atoms with Crippen molar-refractivity contribution in [1.82, 2.24) is 15.0 Å². The Kier molecular flexibility index (Phi) is 2.59. The second-order valence-corrected chi connectivity index (χ2v) is 4.43. The van der Waals surface area contributed by atoms with E-state index in [0.29, 0.717) is 18.7 Å². The van der Waals surface area contributed by atoms with Crippen molar-refractivity contribution < 1.29 is 9.53 Å². The molecule has 0 N–H and O–H groups in total. The molecule has 0 amide bonds. The van der Waals surface area contributed by atoms with Crippen LogP contribution in [0.4, 0.5) is 0 Å². The highest BCUT2D eigenvalue weighted by molar-refractivity contribution is 5.96. The number of Topliss-reactive ketones (excluding diaryl/α,β-unsaturated/α-hetero) is 1. The van der Waals surface area contributed by atoms with E-state index in [4.69, 9.17) is 4.74 Å². The van der Waals surface area contributed by atoms with Gasteiger partial charge in [0.1, 0.15) is 11.4 Å². The Bertz CT molecular complexity index is 591. The van der Waals surface area contributed by atoms with Crippen molar-refractivity contribution >= 4 is 5.78 Å². The largest absolute Gasteiger partial charge is 0.493 e. The number of nitrogens with zero attached hydrogens (tertiary/aromatic N) is 3. The fraction of sp³-hybridized carbons (Fsp3) is 0.308. The van der Waals surface area contributed by atoms with Crippen LogP contribution in [0.1, 0.15) is 16.1 Å². The van der Waals surface area contributed by atoms with Gasteiger partial charge in [0.05, 0.1) is 18.7 Å². The van der Waals surface area contributed by atoms with E-state index in [2.05, 4.69) is 10.3 Å². The minimum Gasteiger partial charge on any atom is -0.493 e. The van der Waals surface area contributed by atoms with Gasteiger partial charge in [0.2, 0.25) is 0 Å². The average Bonchev–Trinajstić information content (AvgIpc) is 2.83. The molecular formula is C13H13N3O2. The van der Waals surface area contributed by atoms with Gasteiger partial charge in [0.25, 0.3) is 0 Å². The molecule has 1 aliphatic heterocycles. The van der Waals surface area contributed by atoms with Crippen molar-refractivity contribution in [3.05, 3.63) is 41.7 Å². The monoisotopic (exact) mass is 243 g/mol. The number of aromatic nitrogens is 3. The highest BCUT2D eigenvalue weighted by atomic mass is 16.5. The minimum absolute atomic E-state index is 0.0389. The van der Waals surface area contributed by atoms with Crippen LogP contribution in [0.25, 0.3) is 0 Å². The van der Waals surface area contributed by atoms with Crippen molar-refractivity contribution in [2.24, 2.45) is 13.0 Å². The summed E-state index contributed by atoms with van der Waals surface area (Å²) in [7, 11) is 1.72. The number of hydrogen-bond donors (Lipinski definition) is 0. The third kappa shape index (κ3) is 1.77. The van der Waals surface area contributed by atoms with Crippen molar-refractivity contribution in [2.45, 2.75) is 6.42 Å². The van der Waals surface area contributed by atoms with E-state index in [1.165, 1.54) is 10.9 Å². The van der Waals surface area contributed by atoms with E-state index in [9.17, 15) is 4.79 Å². The van der Waals surface area contributed by atoms with Crippen LogP contribution < -0.4 is 4.74 Å². The molecular weight excluding hydrogens is 230 g/mol. The predicted octanol–water partition coefficient (Wildman–Crippen LogP) is 1.25. The van der Waals surface area contributed by atoms with E-state index in [-0.39, 0.29) is 11.7 Å². The average molecular weight is 243 g/mol. The molecule has 1 atom stereocenters. The number of aryl methyl sites for hydroxylation is 1. The smallest absolute Gasteiger partial charge is 0.189 e. The lowest BCUT2D eigenvalue weighted by molar-refractivity contribution is 0.0845. The van der Waals surface area contributed by atoms with E-state index in [1.807, 2.05) is 24.3 Å². The summed E-state index contributed by atoms with van der Waals surface area (Å²) >= 11 is 0. The van der Waals surface area contributed by atoms with Crippen molar-refractivity contribution in [2.75, 3.05) is 6.61 Å². The molecule has 0 spiro atoms. The quantitative estimate of drug-likeness (QED) is 0.745. The summed E-state index contributed by atoms with van der Waals surface area (Å²) in [5.74, 6) is 0.763. The van der Waals surface area contributed by atoms with E-state index >= 15 is 0 Å². The first-order valence-corrected chi connectivity index (χ1v) is 5.85. The lowest BCUT2D eigenvalue weighted by Crippen LogP contribution is -2.29. The molecule has 3 rings (SSSR count). The highest BCUT2D eigenvalue weighted by Gasteiger charge is 2.28. The number of para-hydroxylation sites is 1. The molecule has 0 saturated carbocycles. The van der Waals surface area contributed by atoms with E-state index < -0.39 is 0 Å². The summed E-state index contributed by atoms with van der Waals surface area (Å²) in [6, 6.07) is 7.82. The molecule has 2 heterocycles. The van der Waals surface area contributed by atoms with Gasteiger partial charge in [-0.25, -0.2) is 4.68 Å². The molecule has 0 fully saturated rings. The van der Waals surface area contributed by atoms with Crippen LogP contribution in [0.2, 0.25) is 0 Å². The number of ether oxygens (including phenoxy) is 1. The van der Waals surface area contributed by atoms with Gasteiger partial charge >= 0.3 is 0 Å². The maximum Gasteiger partial charge on any atom is 0.189 e. The number of fused-ring (bicyclic) bond motifs is 1. The number of benzene rings is 1. The molecule has 1 aromatic heterocycles. The maximum absolute atomic E-state index is 12.3. The number of carbonyl (C=O) groups excluding carboxylic acids is 1. The van der Waals surface area contributed by atoms with Gasteiger partial charge in [-0.15, -0.1) is 5.10 Å². The predicted molar refractivity (Wildman–Crippen MR) is 64.5 cm³/mol. The number of carbonyl (C=O) groups is 1. The number of ketones is 1. The summed E-state index contributed by atoms with van der Waals surface area (Å²) in [6.45, 7) is 0.418. The third-order valence-corrected chi connectivity index (χ3v) is 3.22. The van der Waals surface area contributed by atoms with Crippen LogP contribution in [0, 0.1) is 5.92 Å². The molecule has 18 heavy (non-hydrogen) atoms. The van der Waals surface area contributed by atoms with Gasteiger partial charge in [-0.3, -0.25) is 4.79 Å². The third-order valence-electron chi connectivity index (χ3n) is 3.22. The van der Waals surface area contributed by atoms with Crippen LogP contribution in [-0.4, -0.2) is 27.4 Å². The first-order valence-electron chi connectivity index (χ1n) is 5.85. The van der Waals surface area contributed by atoms with Crippen molar-refractivity contribution in [3.63, 3.8) is 0 Å². The van der Waals surface area contributed by atoms with E-state index in [1.54, 1.807) is 7.05 Å². The van der Waals surface area contributed by atoms with E-state index in [0.717, 1.165) is 11.3 Å². The molecule has 1 aromatic carbocycles. The Labute approximate surface area is 104 Å². The van der Waals surface area contributed by atoms with Gasteiger partial charge in [0.15, 0.2) is 5.78 Å². The fourth-order valence-corrected chi connectivity index (χ4v) is 2.22. The van der Waals surface area contributed by atoms with Crippen molar-refractivity contribution in [1.29, 1.82) is 0 Å². The van der Waals surface area contributed by atoms with Crippen LogP contribution in [0.5, 0.6) is 5.75 Å². The molecule has 1 unspecified atom stereocenters. The molecule has 1 aliphatic rings. The number of hydrogen-bond acceptors (Lipinski definition) is 4. The second-order valence-electron chi connectivity index (χ2n) is 4.43. The van der Waals surface area contributed by atoms with Crippen molar-refractivity contribution in [3.8, 4) is 5.75 Å². The van der Waals surface area contributed by atoms with Crippen LogP contribution in [0.15, 0.2) is 30.5 Å². The standard InChI is InChI=1S/C13H13N3O2/c1-16-11(7-14-15-16)13(17)10-6-9-4-2-3-5-12(9)18-8-10/h2-5,7,10H,6,8H2,1H3. The van der Waals surface area contributed by atoms with Gasteiger partial charge in [-0.05, 0) is 18.1 Å². The Morgan fingerprint density at radius 1 is 1.44 bits per heavy atom. The molecule has 2 aromatic rings. The Morgan fingerprint density at radius 3 is 3.06 bits per heavy atom. The summed E-state index contributed by atoms with van der Waals surface area (Å²) in [5, 5.41) is 7.52.